The van der Waals surface area contributed by atoms with E-state index in [9.17, 15) is 4.79 Å². The van der Waals surface area contributed by atoms with E-state index in [1.54, 1.807) is 0 Å². The third-order valence-corrected chi connectivity index (χ3v) is 3.49. The van der Waals surface area contributed by atoms with E-state index < -0.39 is 0 Å². The number of rotatable bonds is 2. The average molecular weight is 268 g/mol. The zero-order valence-corrected chi connectivity index (χ0v) is 11.1. The van der Waals surface area contributed by atoms with Gasteiger partial charge in [-0.3, -0.25) is 4.79 Å². The van der Waals surface area contributed by atoms with Gasteiger partial charge in [0.2, 0.25) is 0 Å². The monoisotopic (exact) mass is 267 g/mol. The quantitative estimate of drug-likeness (QED) is 0.896. The first-order chi connectivity index (χ1) is 8.75. The molecular weight excluding hydrogens is 250 g/mol. The molecule has 2 rings (SSSR count). The minimum absolute atomic E-state index is 0.148. The standard InChI is InChI=1S/C13H18ClN3O/c14-12-9-15-11(8-16-12)13(18)17-10-6-4-2-1-3-5-7-10/h8-10H,1-7H2,(H,17,18). The third-order valence-electron chi connectivity index (χ3n) is 3.29. The molecule has 0 spiro atoms. The van der Waals surface area contributed by atoms with Crippen molar-refractivity contribution in [3.63, 3.8) is 0 Å². The van der Waals surface area contributed by atoms with Crippen LogP contribution in [0.25, 0.3) is 0 Å². The van der Waals surface area contributed by atoms with Crippen LogP contribution in [0, 0.1) is 0 Å². The Balaban J connectivity index is 1.91. The number of amides is 1. The minimum Gasteiger partial charge on any atom is -0.348 e. The Morgan fingerprint density at radius 3 is 2.39 bits per heavy atom. The van der Waals surface area contributed by atoms with Crippen molar-refractivity contribution in [1.29, 1.82) is 0 Å². The van der Waals surface area contributed by atoms with Crippen molar-refractivity contribution in [3.8, 4) is 0 Å². The maximum absolute atomic E-state index is 12.0. The van der Waals surface area contributed by atoms with Gasteiger partial charge in [0.05, 0.1) is 12.4 Å². The van der Waals surface area contributed by atoms with E-state index in [4.69, 9.17) is 11.6 Å². The van der Waals surface area contributed by atoms with Crippen LogP contribution in [0.5, 0.6) is 0 Å². The van der Waals surface area contributed by atoms with Crippen LogP contribution >= 0.6 is 11.6 Å². The second-order valence-corrected chi connectivity index (χ2v) is 5.13. The molecule has 1 amide bonds. The van der Waals surface area contributed by atoms with Crippen LogP contribution in [0.3, 0.4) is 0 Å². The summed E-state index contributed by atoms with van der Waals surface area (Å²) in [6.45, 7) is 0. The van der Waals surface area contributed by atoms with Gasteiger partial charge in [0.15, 0.2) is 0 Å². The normalized spacial score (nSPS) is 17.8. The van der Waals surface area contributed by atoms with Crippen molar-refractivity contribution in [2.45, 2.75) is 51.0 Å². The molecule has 1 aromatic heterocycles. The highest BCUT2D eigenvalue weighted by molar-refractivity contribution is 6.29. The van der Waals surface area contributed by atoms with Crippen molar-refractivity contribution in [2.75, 3.05) is 0 Å². The van der Waals surface area contributed by atoms with Gasteiger partial charge in [-0.15, -0.1) is 0 Å². The van der Waals surface area contributed by atoms with E-state index in [1.807, 2.05) is 0 Å². The SMILES string of the molecule is O=C(NC1CCCCCCC1)c1cnc(Cl)cn1. The molecule has 1 fully saturated rings. The first kappa shape index (κ1) is 13.3. The summed E-state index contributed by atoms with van der Waals surface area (Å²) in [6.07, 6.45) is 11.2. The minimum atomic E-state index is -0.148. The van der Waals surface area contributed by atoms with Crippen molar-refractivity contribution < 1.29 is 4.79 Å². The lowest BCUT2D eigenvalue weighted by Gasteiger charge is -2.20. The third kappa shape index (κ3) is 3.95. The van der Waals surface area contributed by atoms with E-state index in [0.717, 1.165) is 12.8 Å². The Kier molecular flexibility index (Phi) is 4.93. The number of nitrogens with one attached hydrogen (secondary N) is 1. The summed E-state index contributed by atoms with van der Waals surface area (Å²) in [6, 6.07) is 0.273. The summed E-state index contributed by atoms with van der Waals surface area (Å²) in [5.41, 5.74) is 0.335. The molecule has 4 nitrogen and oxygen atoms in total. The van der Waals surface area contributed by atoms with Crippen LogP contribution < -0.4 is 5.32 Å². The number of hydrogen-bond donors (Lipinski definition) is 1. The lowest BCUT2D eigenvalue weighted by molar-refractivity contribution is 0.0925. The number of carbonyl (C=O) groups is 1. The number of halogens is 1. The van der Waals surface area contributed by atoms with Gasteiger partial charge < -0.3 is 5.32 Å². The van der Waals surface area contributed by atoms with Crippen LogP contribution in [0.2, 0.25) is 5.15 Å². The summed E-state index contributed by atoms with van der Waals surface area (Å²) < 4.78 is 0. The molecule has 1 aromatic rings. The Hall–Kier alpha value is -1.16. The molecule has 1 aliphatic carbocycles. The van der Waals surface area contributed by atoms with Crippen molar-refractivity contribution in [2.24, 2.45) is 0 Å². The number of aromatic nitrogens is 2. The van der Waals surface area contributed by atoms with E-state index >= 15 is 0 Å². The number of nitrogens with zero attached hydrogens (tertiary/aromatic N) is 2. The summed E-state index contributed by atoms with van der Waals surface area (Å²) in [7, 11) is 0. The predicted octanol–water partition coefficient (Wildman–Crippen LogP) is 2.97. The van der Waals surface area contributed by atoms with E-state index in [2.05, 4.69) is 15.3 Å². The average Bonchev–Trinajstić information content (AvgIpc) is 2.33. The summed E-state index contributed by atoms with van der Waals surface area (Å²) in [5.74, 6) is -0.148. The van der Waals surface area contributed by atoms with Gasteiger partial charge in [-0.25, -0.2) is 9.97 Å². The molecule has 0 aliphatic heterocycles. The van der Waals surface area contributed by atoms with Gasteiger partial charge in [0, 0.05) is 6.04 Å². The van der Waals surface area contributed by atoms with Gasteiger partial charge in [-0.1, -0.05) is 43.7 Å². The second kappa shape index (κ2) is 6.69. The molecule has 5 heteroatoms. The molecule has 1 saturated carbocycles. The molecule has 1 aliphatic rings. The molecule has 0 atom stereocenters. The van der Waals surface area contributed by atoms with Crippen molar-refractivity contribution in [3.05, 3.63) is 23.2 Å². The second-order valence-electron chi connectivity index (χ2n) is 4.74. The lowest BCUT2D eigenvalue weighted by Crippen LogP contribution is -2.35. The molecule has 0 bridgehead atoms. The number of hydrogen-bond acceptors (Lipinski definition) is 3. The zero-order chi connectivity index (χ0) is 12.8. The Morgan fingerprint density at radius 2 is 1.78 bits per heavy atom. The van der Waals surface area contributed by atoms with Crippen LogP contribution in [0.4, 0.5) is 0 Å². The molecule has 0 saturated heterocycles. The van der Waals surface area contributed by atoms with Gasteiger partial charge in [-0.05, 0) is 12.8 Å². The largest absolute Gasteiger partial charge is 0.348 e. The van der Waals surface area contributed by atoms with Gasteiger partial charge in [0.1, 0.15) is 10.8 Å². The Morgan fingerprint density at radius 1 is 1.11 bits per heavy atom. The van der Waals surface area contributed by atoms with Gasteiger partial charge in [0.25, 0.3) is 5.91 Å². The first-order valence-electron chi connectivity index (χ1n) is 6.54. The van der Waals surface area contributed by atoms with Crippen molar-refractivity contribution in [1.82, 2.24) is 15.3 Å². The topological polar surface area (TPSA) is 54.9 Å². The molecule has 1 N–H and O–H groups in total. The maximum Gasteiger partial charge on any atom is 0.271 e. The van der Waals surface area contributed by atoms with Gasteiger partial charge >= 0.3 is 0 Å². The fraction of sp³-hybridized carbons (Fsp3) is 0.615. The van der Waals surface area contributed by atoms with Crippen LogP contribution in [-0.2, 0) is 0 Å². The Labute approximate surface area is 112 Å². The molecule has 0 unspecified atom stereocenters. The van der Waals surface area contributed by atoms with Crippen LogP contribution in [0.15, 0.2) is 12.4 Å². The number of carbonyl (C=O) groups excluding carboxylic acids is 1. The zero-order valence-electron chi connectivity index (χ0n) is 10.4. The highest BCUT2D eigenvalue weighted by atomic mass is 35.5. The fourth-order valence-electron chi connectivity index (χ4n) is 2.29. The first-order valence-corrected chi connectivity index (χ1v) is 6.92. The highest BCUT2D eigenvalue weighted by Crippen LogP contribution is 2.17. The Bertz CT molecular complexity index is 386. The molecular formula is C13H18ClN3O. The smallest absolute Gasteiger partial charge is 0.271 e. The highest BCUT2D eigenvalue weighted by Gasteiger charge is 2.16. The molecule has 1 heterocycles. The summed E-state index contributed by atoms with van der Waals surface area (Å²) in [5, 5.41) is 3.34. The van der Waals surface area contributed by atoms with Crippen LogP contribution in [-0.4, -0.2) is 21.9 Å². The molecule has 0 radical (unpaired) electrons. The van der Waals surface area contributed by atoms with Crippen LogP contribution in [0.1, 0.15) is 55.4 Å². The predicted molar refractivity (Wildman–Crippen MR) is 70.6 cm³/mol. The fourth-order valence-corrected chi connectivity index (χ4v) is 2.39. The molecule has 18 heavy (non-hydrogen) atoms. The van der Waals surface area contributed by atoms with E-state index in [-0.39, 0.29) is 11.9 Å². The van der Waals surface area contributed by atoms with Gasteiger partial charge in [-0.2, -0.15) is 0 Å². The molecule has 0 aromatic carbocycles. The van der Waals surface area contributed by atoms with E-state index in [0.29, 0.717) is 10.8 Å². The van der Waals surface area contributed by atoms with Crippen molar-refractivity contribution >= 4 is 17.5 Å². The molecule has 98 valence electrons. The maximum atomic E-state index is 12.0. The summed E-state index contributed by atoms with van der Waals surface area (Å²) in [4.78, 5) is 19.8. The summed E-state index contributed by atoms with van der Waals surface area (Å²) >= 11 is 5.64. The van der Waals surface area contributed by atoms with E-state index in [1.165, 1.54) is 44.5 Å². The lowest BCUT2D eigenvalue weighted by atomic mass is 9.96.